The molecule has 0 aliphatic carbocycles. The number of benzene rings is 1. The summed E-state index contributed by atoms with van der Waals surface area (Å²) in [6.45, 7) is 2.33. The molecule has 2 rings (SSSR count). The summed E-state index contributed by atoms with van der Waals surface area (Å²) in [5.74, 6) is 1.36. The molecule has 0 saturated heterocycles. The van der Waals surface area contributed by atoms with E-state index < -0.39 is 0 Å². The predicted molar refractivity (Wildman–Crippen MR) is 67.4 cm³/mol. The molecule has 17 heavy (non-hydrogen) atoms. The van der Waals surface area contributed by atoms with Gasteiger partial charge < -0.3 is 10.5 Å². The van der Waals surface area contributed by atoms with Gasteiger partial charge >= 0.3 is 0 Å². The molecule has 0 saturated carbocycles. The molecule has 0 spiro atoms. The smallest absolute Gasteiger partial charge is 0.217 e. The summed E-state index contributed by atoms with van der Waals surface area (Å²) in [6.07, 6.45) is 0. The number of hydrogen-bond acceptors (Lipinski definition) is 3. The topological polar surface area (TPSA) is 53.1 Å². The fourth-order valence-electron chi connectivity index (χ4n) is 1.56. The second-order valence-corrected chi connectivity index (χ2v) is 4.21. The van der Waals surface area contributed by atoms with Gasteiger partial charge in [0.2, 0.25) is 5.88 Å². The van der Waals surface area contributed by atoms with E-state index in [1.807, 2.05) is 32.2 Å². The lowest BCUT2D eigenvalue weighted by molar-refractivity contribution is 0.430. The summed E-state index contributed by atoms with van der Waals surface area (Å²) in [5, 5.41) is 4.82. The maximum absolute atomic E-state index is 6.06. The summed E-state index contributed by atoms with van der Waals surface area (Å²) in [6, 6.07) is 7.33. The van der Waals surface area contributed by atoms with Crippen molar-refractivity contribution in [3.05, 3.63) is 40.5 Å². The average Bonchev–Trinajstić information content (AvgIpc) is 2.58. The van der Waals surface area contributed by atoms with Gasteiger partial charge in [0.05, 0.1) is 5.69 Å². The number of nitrogens with two attached hydrogens (primary N) is 1. The van der Waals surface area contributed by atoms with Crippen LogP contribution in [0.1, 0.15) is 11.3 Å². The fraction of sp³-hybridized carbons (Fsp3) is 0.250. The molecule has 5 heteroatoms. The molecule has 1 heterocycles. The van der Waals surface area contributed by atoms with Gasteiger partial charge in [0, 0.05) is 24.7 Å². The Hall–Kier alpha value is -1.52. The largest absolute Gasteiger partial charge is 0.439 e. The number of halogens is 1. The zero-order valence-corrected chi connectivity index (χ0v) is 10.5. The number of aromatic nitrogens is 2. The molecular formula is C12H14ClN3O. The summed E-state index contributed by atoms with van der Waals surface area (Å²) >= 11 is 6.06. The van der Waals surface area contributed by atoms with Gasteiger partial charge in [0.15, 0.2) is 0 Å². The van der Waals surface area contributed by atoms with Gasteiger partial charge in [0.25, 0.3) is 0 Å². The minimum atomic E-state index is 0.421. The molecule has 1 aromatic heterocycles. The van der Waals surface area contributed by atoms with Gasteiger partial charge in [0.1, 0.15) is 5.75 Å². The predicted octanol–water partition coefficient (Wildman–Crippen LogP) is 2.63. The van der Waals surface area contributed by atoms with Crippen LogP contribution >= 0.6 is 11.6 Å². The minimum Gasteiger partial charge on any atom is -0.439 e. The number of rotatable bonds is 3. The van der Waals surface area contributed by atoms with E-state index in [4.69, 9.17) is 22.1 Å². The SMILES string of the molecule is Cc1cc(Oc2ccc(CN)c(Cl)c2)n(C)n1. The Morgan fingerprint density at radius 2 is 2.18 bits per heavy atom. The van der Waals surface area contributed by atoms with Gasteiger partial charge in [-0.05, 0) is 24.6 Å². The molecule has 0 bridgehead atoms. The first kappa shape index (κ1) is 12.0. The second-order valence-electron chi connectivity index (χ2n) is 3.81. The van der Waals surface area contributed by atoms with Crippen molar-refractivity contribution in [3.63, 3.8) is 0 Å². The van der Waals surface area contributed by atoms with Gasteiger partial charge in [-0.25, -0.2) is 4.68 Å². The molecule has 4 nitrogen and oxygen atoms in total. The Balaban J connectivity index is 2.24. The van der Waals surface area contributed by atoms with Crippen LogP contribution in [0.15, 0.2) is 24.3 Å². The maximum atomic E-state index is 6.06. The van der Waals surface area contributed by atoms with Gasteiger partial charge in [-0.15, -0.1) is 0 Å². The van der Waals surface area contributed by atoms with Crippen LogP contribution in [0.25, 0.3) is 0 Å². The van der Waals surface area contributed by atoms with E-state index in [1.54, 1.807) is 10.7 Å². The third-order valence-electron chi connectivity index (χ3n) is 2.43. The molecule has 0 unspecified atom stereocenters. The number of hydrogen-bond donors (Lipinski definition) is 1. The number of aryl methyl sites for hydroxylation is 2. The van der Waals surface area contributed by atoms with Crippen molar-refractivity contribution in [1.29, 1.82) is 0 Å². The van der Waals surface area contributed by atoms with Crippen LogP contribution in [0.2, 0.25) is 5.02 Å². The minimum absolute atomic E-state index is 0.421. The Morgan fingerprint density at radius 3 is 2.71 bits per heavy atom. The Morgan fingerprint density at radius 1 is 1.41 bits per heavy atom. The molecule has 0 fully saturated rings. The Labute approximate surface area is 105 Å². The Kier molecular flexibility index (Phi) is 3.36. The summed E-state index contributed by atoms with van der Waals surface area (Å²) in [5.41, 5.74) is 7.35. The molecule has 0 atom stereocenters. The van der Waals surface area contributed by atoms with Crippen LogP contribution < -0.4 is 10.5 Å². The van der Waals surface area contributed by atoms with Gasteiger partial charge in [-0.3, -0.25) is 0 Å². The summed E-state index contributed by atoms with van der Waals surface area (Å²) in [7, 11) is 1.83. The summed E-state index contributed by atoms with van der Waals surface area (Å²) < 4.78 is 7.37. The van der Waals surface area contributed by atoms with Crippen molar-refractivity contribution in [2.45, 2.75) is 13.5 Å². The highest BCUT2D eigenvalue weighted by molar-refractivity contribution is 6.31. The molecule has 2 N–H and O–H groups in total. The first-order chi connectivity index (χ1) is 8.10. The van der Waals surface area contributed by atoms with E-state index in [9.17, 15) is 0 Å². The molecule has 0 radical (unpaired) electrons. The van der Waals surface area contributed by atoms with Crippen LogP contribution in [0.3, 0.4) is 0 Å². The van der Waals surface area contributed by atoms with Gasteiger partial charge in [-0.2, -0.15) is 5.10 Å². The van der Waals surface area contributed by atoms with Crippen LogP contribution in [0, 0.1) is 6.92 Å². The quantitative estimate of drug-likeness (QED) is 0.912. The van der Waals surface area contributed by atoms with E-state index >= 15 is 0 Å². The highest BCUT2D eigenvalue weighted by atomic mass is 35.5. The first-order valence-electron chi connectivity index (χ1n) is 5.27. The van der Waals surface area contributed by atoms with E-state index in [1.165, 1.54) is 0 Å². The van der Waals surface area contributed by atoms with Crippen LogP contribution in [0.5, 0.6) is 11.6 Å². The van der Waals surface area contributed by atoms with Crippen molar-refractivity contribution in [2.75, 3.05) is 0 Å². The molecule has 0 amide bonds. The van der Waals surface area contributed by atoms with Gasteiger partial charge in [-0.1, -0.05) is 17.7 Å². The zero-order chi connectivity index (χ0) is 12.4. The van der Waals surface area contributed by atoms with E-state index in [-0.39, 0.29) is 0 Å². The lowest BCUT2D eigenvalue weighted by Crippen LogP contribution is -1.98. The van der Waals surface area contributed by atoms with Crippen LogP contribution in [-0.4, -0.2) is 9.78 Å². The highest BCUT2D eigenvalue weighted by Crippen LogP contribution is 2.26. The maximum Gasteiger partial charge on any atom is 0.217 e. The molecule has 0 aliphatic heterocycles. The third-order valence-corrected chi connectivity index (χ3v) is 2.78. The highest BCUT2D eigenvalue weighted by Gasteiger charge is 2.06. The van der Waals surface area contributed by atoms with Crippen molar-refractivity contribution in [1.82, 2.24) is 9.78 Å². The van der Waals surface area contributed by atoms with Crippen molar-refractivity contribution in [3.8, 4) is 11.6 Å². The zero-order valence-electron chi connectivity index (χ0n) is 9.77. The second kappa shape index (κ2) is 4.77. The number of nitrogens with zero attached hydrogens (tertiary/aromatic N) is 2. The molecular weight excluding hydrogens is 238 g/mol. The average molecular weight is 252 g/mol. The lowest BCUT2D eigenvalue weighted by atomic mass is 10.2. The van der Waals surface area contributed by atoms with Crippen LogP contribution in [0.4, 0.5) is 0 Å². The van der Waals surface area contributed by atoms with Crippen molar-refractivity contribution in [2.24, 2.45) is 12.8 Å². The van der Waals surface area contributed by atoms with Crippen molar-refractivity contribution >= 4 is 11.6 Å². The molecule has 90 valence electrons. The van der Waals surface area contributed by atoms with Crippen molar-refractivity contribution < 1.29 is 4.74 Å². The Bertz CT molecular complexity index is 537. The first-order valence-corrected chi connectivity index (χ1v) is 5.65. The fourth-order valence-corrected chi connectivity index (χ4v) is 1.81. The molecule has 1 aromatic carbocycles. The van der Waals surface area contributed by atoms with Crippen LogP contribution in [-0.2, 0) is 13.6 Å². The normalized spacial score (nSPS) is 10.6. The standard InChI is InChI=1S/C12H14ClN3O/c1-8-5-12(16(2)15-8)17-10-4-3-9(7-14)11(13)6-10/h3-6H,7,14H2,1-2H3. The lowest BCUT2D eigenvalue weighted by Gasteiger charge is -2.07. The van der Waals surface area contributed by atoms with E-state index in [0.717, 1.165) is 11.3 Å². The van der Waals surface area contributed by atoms with E-state index in [0.29, 0.717) is 23.2 Å². The molecule has 2 aromatic rings. The summed E-state index contributed by atoms with van der Waals surface area (Å²) in [4.78, 5) is 0. The number of ether oxygens (including phenoxy) is 1. The van der Waals surface area contributed by atoms with E-state index in [2.05, 4.69) is 5.10 Å². The monoisotopic (exact) mass is 251 g/mol. The third kappa shape index (κ3) is 2.60. The molecule has 0 aliphatic rings.